The average molecular weight is 375 g/mol. The molecule has 0 spiro atoms. The number of methoxy groups -OCH3 is 1. The molecule has 1 aromatic carbocycles. The minimum absolute atomic E-state index is 0.00931. The summed E-state index contributed by atoms with van der Waals surface area (Å²) >= 11 is 0. The number of ether oxygens (including phenoxy) is 1. The molecule has 10 heteroatoms. The number of benzene rings is 1. The van der Waals surface area contributed by atoms with Crippen molar-refractivity contribution in [3.63, 3.8) is 0 Å². The molecule has 138 valence electrons. The van der Waals surface area contributed by atoms with Gasteiger partial charge < -0.3 is 4.74 Å². The van der Waals surface area contributed by atoms with Crippen molar-refractivity contribution in [2.45, 2.75) is 42.3 Å². The molecule has 1 aromatic rings. The summed E-state index contributed by atoms with van der Waals surface area (Å²) in [6, 6.07) is 1.78. The molecule has 4 unspecified atom stereocenters. The summed E-state index contributed by atoms with van der Waals surface area (Å²) in [6.07, 6.45) is 1.44. The molecule has 1 saturated carbocycles. The van der Waals surface area contributed by atoms with Crippen molar-refractivity contribution in [2.75, 3.05) is 7.11 Å². The molecule has 1 saturated heterocycles. The monoisotopic (exact) mass is 375 g/mol. The van der Waals surface area contributed by atoms with Gasteiger partial charge in [-0.25, -0.2) is 27.3 Å². The molecule has 2 aliphatic rings. The Bertz CT molecular complexity index is 754. The minimum Gasteiger partial charge on any atom is -0.468 e. The second-order valence-corrected chi connectivity index (χ2v) is 7.89. The highest BCUT2D eigenvalue weighted by Crippen LogP contribution is 2.32. The number of carbonyl (C=O) groups is 1. The lowest BCUT2D eigenvalue weighted by Crippen LogP contribution is -2.46. The van der Waals surface area contributed by atoms with Crippen LogP contribution in [0.3, 0.4) is 0 Å². The van der Waals surface area contributed by atoms with E-state index in [2.05, 4.69) is 15.6 Å². The summed E-state index contributed by atoms with van der Waals surface area (Å²) in [5, 5.41) is 0. The van der Waals surface area contributed by atoms with Gasteiger partial charge in [0, 0.05) is 18.0 Å². The molecule has 0 radical (unpaired) electrons. The van der Waals surface area contributed by atoms with Gasteiger partial charge in [0.25, 0.3) is 0 Å². The molecule has 0 aromatic heterocycles. The van der Waals surface area contributed by atoms with Gasteiger partial charge in [0.15, 0.2) is 4.90 Å². The van der Waals surface area contributed by atoms with Gasteiger partial charge in [-0.1, -0.05) is 6.07 Å². The normalized spacial score (nSPS) is 29.2. The van der Waals surface area contributed by atoms with Crippen LogP contribution in [0.25, 0.3) is 0 Å². The van der Waals surface area contributed by atoms with Crippen molar-refractivity contribution in [3.05, 3.63) is 29.8 Å². The van der Waals surface area contributed by atoms with Crippen LogP contribution in [0.1, 0.15) is 19.3 Å². The van der Waals surface area contributed by atoms with Gasteiger partial charge in [-0.3, -0.25) is 10.2 Å². The van der Waals surface area contributed by atoms with E-state index < -0.39 is 44.6 Å². The maximum atomic E-state index is 13.8. The Morgan fingerprint density at radius 2 is 1.92 bits per heavy atom. The number of halogens is 2. The Hall–Kier alpha value is -1.62. The molecule has 3 rings (SSSR count). The van der Waals surface area contributed by atoms with Crippen LogP contribution in [-0.2, 0) is 19.6 Å². The van der Waals surface area contributed by atoms with E-state index in [0.717, 1.165) is 18.2 Å². The highest BCUT2D eigenvalue weighted by molar-refractivity contribution is 7.89. The highest BCUT2D eigenvalue weighted by Gasteiger charge is 2.45. The lowest BCUT2D eigenvalue weighted by Gasteiger charge is -2.32. The number of hydrogen-bond donors (Lipinski definition) is 3. The van der Waals surface area contributed by atoms with E-state index in [0.29, 0.717) is 19.3 Å². The molecule has 1 aliphatic heterocycles. The molecule has 0 amide bonds. The number of hydrogen-bond acceptors (Lipinski definition) is 6. The van der Waals surface area contributed by atoms with Crippen molar-refractivity contribution in [3.8, 4) is 0 Å². The number of hydrazine groups is 1. The minimum atomic E-state index is -4.35. The fourth-order valence-corrected chi connectivity index (χ4v) is 4.96. The molecular formula is C15H19F2N3O4S. The molecular weight excluding hydrogens is 356 g/mol. The van der Waals surface area contributed by atoms with E-state index in [1.165, 1.54) is 7.11 Å². The first-order valence-corrected chi connectivity index (χ1v) is 9.37. The van der Waals surface area contributed by atoms with Crippen LogP contribution in [-0.4, -0.2) is 39.6 Å². The van der Waals surface area contributed by atoms with Crippen molar-refractivity contribution in [1.82, 2.24) is 15.6 Å². The molecule has 25 heavy (non-hydrogen) atoms. The highest BCUT2D eigenvalue weighted by atomic mass is 32.2. The lowest BCUT2D eigenvalue weighted by atomic mass is 9.79. The van der Waals surface area contributed by atoms with Crippen LogP contribution < -0.4 is 15.6 Å². The lowest BCUT2D eigenvalue weighted by molar-refractivity contribution is -0.144. The molecule has 1 aliphatic carbocycles. The Morgan fingerprint density at radius 3 is 2.56 bits per heavy atom. The number of nitrogens with one attached hydrogen (secondary N) is 3. The standard InChI is InChI=1S/C15H19F2N3O4S/c1-24-15(21)13-9-7-8(5-6-12(9)18-19-13)20-25(22,23)14-10(16)3-2-4-11(14)17/h2-4,8-9,12-13,18-20H,5-7H2,1H3. The Balaban J connectivity index is 1.76. The van der Waals surface area contributed by atoms with Crippen LogP contribution >= 0.6 is 0 Å². The van der Waals surface area contributed by atoms with Crippen LogP contribution in [0, 0.1) is 17.6 Å². The summed E-state index contributed by atoms with van der Waals surface area (Å²) < 4.78 is 59.5. The zero-order valence-electron chi connectivity index (χ0n) is 13.5. The molecule has 4 atom stereocenters. The molecule has 1 heterocycles. The Morgan fingerprint density at radius 1 is 1.24 bits per heavy atom. The first-order valence-electron chi connectivity index (χ1n) is 7.88. The fourth-order valence-electron chi connectivity index (χ4n) is 3.54. The summed E-state index contributed by atoms with van der Waals surface area (Å²) in [4.78, 5) is 10.8. The topological polar surface area (TPSA) is 96.5 Å². The summed E-state index contributed by atoms with van der Waals surface area (Å²) in [5.41, 5.74) is 5.87. The maximum Gasteiger partial charge on any atom is 0.324 e. The average Bonchev–Trinajstić information content (AvgIpc) is 2.96. The summed E-state index contributed by atoms with van der Waals surface area (Å²) in [6.45, 7) is 0. The van der Waals surface area contributed by atoms with Crippen molar-refractivity contribution in [2.24, 2.45) is 5.92 Å². The van der Waals surface area contributed by atoms with Crippen LogP contribution in [0.4, 0.5) is 8.78 Å². The van der Waals surface area contributed by atoms with E-state index in [4.69, 9.17) is 4.74 Å². The fraction of sp³-hybridized carbons (Fsp3) is 0.533. The van der Waals surface area contributed by atoms with E-state index >= 15 is 0 Å². The van der Waals surface area contributed by atoms with E-state index in [-0.39, 0.29) is 12.0 Å². The van der Waals surface area contributed by atoms with Gasteiger partial charge in [-0.2, -0.15) is 0 Å². The maximum absolute atomic E-state index is 13.8. The summed E-state index contributed by atoms with van der Waals surface area (Å²) in [5.74, 6) is -2.90. The van der Waals surface area contributed by atoms with Gasteiger partial charge in [0.2, 0.25) is 10.0 Å². The van der Waals surface area contributed by atoms with Crippen LogP contribution in [0.15, 0.2) is 23.1 Å². The van der Waals surface area contributed by atoms with E-state index in [1.54, 1.807) is 0 Å². The second-order valence-electron chi connectivity index (χ2n) is 6.24. The predicted octanol–water partition coefficient (Wildman–Crippen LogP) is 0.430. The number of sulfonamides is 1. The van der Waals surface area contributed by atoms with E-state index in [1.807, 2.05) is 0 Å². The third-order valence-corrected chi connectivity index (χ3v) is 6.29. The molecule has 7 nitrogen and oxygen atoms in total. The van der Waals surface area contributed by atoms with E-state index in [9.17, 15) is 22.0 Å². The van der Waals surface area contributed by atoms with Gasteiger partial charge in [0.05, 0.1) is 7.11 Å². The second kappa shape index (κ2) is 6.94. The quantitative estimate of drug-likeness (QED) is 0.661. The van der Waals surface area contributed by atoms with Crippen LogP contribution in [0.5, 0.6) is 0 Å². The largest absolute Gasteiger partial charge is 0.468 e. The van der Waals surface area contributed by atoms with Gasteiger partial charge >= 0.3 is 5.97 Å². The van der Waals surface area contributed by atoms with Gasteiger partial charge in [-0.05, 0) is 31.4 Å². The Kier molecular flexibility index (Phi) is 5.05. The number of carbonyl (C=O) groups excluding carboxylic acids is 1. The van der Waals surface area contributed by atoms with Gasteiger partial charge in [0.1, 0.15) is 17.7 Å². The zero-order valence-corrected chi connectivity index (χ0v) is 14.3. The predicted molar refractivity (Wildman–Crippen MR) is 83.7 cm³/mol. The van der Waals surface area contributed by atoms with Gasteiger partial charge in [-0.15, -0.1) is 0 Å². The first-order chi connectivity index (χ1) is 11.8. The summed E-state index contributed by atoms with van der Waals surface area (Å²) in [7, 11) is -3.07. The van der Waals surface area contributed by atoms with Crippen molar-refractivity contribution < 1.29 is 26.7 Å². The molecule has 0 bridgehead atoms. The Labute approximate surface area is 144 Å². The number of esters is 1. The SMILES string of the molecule is COC(=O)C1NNC2CCC(NS(=O)(=O)c3c(F)cccc3F)CC21. The zero-order chi connectivity index (χ0) is 18.2. The van der Waals surface area contributed by atoms with Crippen molar-refractivity contribution >= 4 is 16.0 Å². The number of fused-ring (bicyclic) bond motifs is 1. The van der Waals surface area contributed by atoms with Crippen molar-refractivity contribution in [1.29, 1.82) is 0 Å². The molecule has 3 N–H and O–H groups in total. The third kappa shape index (κ3) is 3.52. The number of rotatable bonds is 4. The molecule has 2 fully saturated rings. The third-order valence-electron chi connectivity index (χ3n) is 4.72. The first kappa shape index (κ1) is 18.2. The van der Waals surface area contributed by atoms with Crippen LogP contribution in [0.2, 0.25) is 0 Å². The smallest absolute Gasteiger partial charge is 0.324 e.